The molecular formula is C30H34N6O3. The van der Waals surface area contributed by atoms with Crippen LogP contribution in [0.25, 0.3) is 5.69 Å². The van der Waals surface area contributed by atoms with Crippen molar-refractivity contribution < 1.29 is 14.3 Å². The first-order chi connectivity index (χ1) is 18.4. The molecule has 0 aliphatic rings. The van der Waals surface area contributed by atoms with E-state index in [4.69, 9.17) is 9.84 Å². The average molecular weight is 527 g/mol. The van der Waals surface area contributed by atoms with Gasteiger partial charge in [0.25, 0.3) is 5.91 Å². The summed E-state index contributed by atoms with van der Waals surface area (Å²) in [5.41, 5.74) is 4.66. The summed E-state index contributed by atoms with van der Waals surface area (Å²) in [6.07, 6.45) is 1.53. The minimum atomic E-state index is -0.393. The third-order valence-corrected chi connectivity index (χ3v) is 5.87. The van der Waals surface area contributed by atoms with E-state index in [0.717, 1.165) is 22.5 Å². The number of urea groups is 1. The summed E-state index contributed by atoms with van der Waals surface area (Å²) in [5, 5.41) is 10.6. The van der Waals surface area contributed by atoms with Crippen LogP contribution >= 0.6 is 0 Å². The van der Waals surface area contributed by atoms with Crippen LogP contribution in [0.5, 0.6) is 11.5 Å². The summed E-state index contributed by atoms with van der Waals surface area (Å²) in [4.78, 5) is 30.7. The van der Waals surface area contributed by atoms with Gasteiger partial charge in [0, 0.05) is 43.5 Å². The highest BCUT2D eigenvalue weighted by Gasteiger charge is 2.22. The monoisotopic (exact) mass is 526 g/mol. The van der Waals surface area contributed by atoms with Crippen molar-refractivity contribution in [3.63, 3.8) is 0 Å². The first kappa shape index (κ1) is 27.4. The highest BCUT2D eigenvalue weighted by Crippen LogP contribution is 2.28. The molecule has 202 valence electrons. The van der Waals surface area contributed by atoms with Crippen LogP contribution in [0.15, 0.2) is 66.9 Å². The second kappa shape index (κ2) is 11.0. The Balaban J connectivity index is 1.48. The number of anilines is 2. The minimum Gasteiger partial charge on any atom is -0.457 e. The maximum absolute atomic E-state index is 13.0. The van der Waals surface area contributed by atoms with Gasteiger partial charge in [0.15, 0.2) is 0 Å². The summed E-state index contributed by atoms with van der Waals surface area (Å²) in [5.74, 6) is 1.41. The first-order valence-corrected chi connectivity index (χ1v) is 12.6. The molecule has 0 saturated carbocycles. The molecule has 4 rings (SSSR count). The van der Waals surface area contributed by atoms with E-state index in [0.29, 0.717) is 28.7 Å². The zero-order valence-electron chi connectivity index (χ0n) is 23.4. The Morgan fingerprint density at radius 1 is 0.872 bits per heavy atom. The topological polar surface area (TPSA) is 101 Å². The summed E-state index contributed by atoms with van der Waals surface area (Å²) >= 11 is 0. The minimum absolute atomic E-state index is 0.192. The number of ether oxygens (including phenoxy) is 1. The number of carbonyl (C=O) groups is 2. The molecule has 2 aromatic heterocycles. The van der Waals surface area contributed by atoms with E-state index in [1.165, 1.54) is 11.1 Å². The predicted molar refractivity (Wildman–Crippen MR) is 153 cm³/mol. The van der Waals surface area contributed by atoms with Crippen molar-refractivity contribution >= 4 is 23.4 Å². The van der Waals surface area contributed by atoms with Crippen LogP contribution in [0.1, 0.15) is 48.1 Å². The van der Waals surface area contributed by atoms with Crippen molar-refractivity contribution in [1.29, 1.82) is 0 Å². The number of nitrogens with one attached hydrogen (secondary N) is 2. The predicted octanol–water partition coefficient (Wildman–Crippen LogP) is 6.32. The van der Waals surface area contributed by atoms with Crippen LogP contribution < -0.4 is 15.4 Å². The molecule has 0 radical (unpaired) electrons. The molecule has 2 heterocycles. The third kappa shape index (κ3) is 6.81. The standard InChI is InChI=1S/C30H34N6O3/c1-19-14-20(2)16-22(15-19)36-27(18-26(34-36)30(3,4)5)33-29(38)32-21-8-10-23(11-9-21)39-24-12-13-31-25(17-24)28(37)35(6)7/h8-18H,1-7H3,(H2,32,33,38). The number of rotatable bonds is 6. The molecule has 2 aromatic carbocycles. The molecule has 39 heavy (non-hydrogen) atoms. The number of aryl methyl sites for hydroxylation is 2. The number of hydrogen-bond acceptors (Lipinski definition) is 5. The lowest BCUT2D eigenvalue weighted by molar-refractivity contribution is 0.0821. The Morgan fingerprint density at radius 2 is 1.54 bits per heavy atom. The van der Waals surface area contributed by atoms with Gasteiger partial charge in [-0.2, -0.15) is 5.10 Å². The van der Waals surface area contributed by atoms with E-state index in [1.807, 2.05) is 32.0 Å². The molecule has 0 unspecified atom stereocenters. The van der Waals surface area contributed by atoms with Gasteiger partial charge >= 0.3 is 6.03 Å². The average Bonchev–Trinajstić information content (AvgIpc) is 3.28. The summed E-state index contributed by atoms with van der Waals surface area (Å²) in [7, 11) is 3.33. The van der Waals surface area contributed by atoms with Gasteiger partial charge in [-0.3, -0.25) is 15.1 Å². The highest BCUT2D eigenvalue weighted by molar-refractivity contribution is 5.99. The normalized spacial score (nSPS) is 11.2. The van der Waals surface area contributed by atoms with Crippen molar-refractivity contribution in [2.75, 3.05) is 24.7 Å². The number of carbonyl (C=O) groups excluding carboxylic acids is 2. The fourth-order valence-corrected chi connectivity index (χ4v) is 3.95. The number of nitrogens with zero attached hydrogens (tertiary/aromatic N) is 4. The lowest BCUT2D eigenvalue weighted by Gasteiger charge is -2.14. The van der Waals surface area contributed by atoms with Crippen LogP contribution in [-0.4, -0.2) is 45.7 Å². The van der Waals surface area contributed by atoms with E-state index in [9.17, 15) is 9.59 Å². The van der Waals surface area contributed by atoms with Gasteiger partial charge < -0.3 is 15.0 Å². The summed E-state index contributed by atoms with van der Waals surface area (Å²) < 4.78 is 7.64. The Bertz CT molecular complexity index is 1480. The fourth-order valence-electron chi connectivity index (χ4n) is 3.95. The lowest BCUT2D eigenvalue weighted by Crippen LogP contribution is -2.22. The van der Waals surface area contributed by atoms with Crippen LogP contribution in [0, 0.1) is 13.8 Å². The van der Waals surface area contributed by atoms with Crippen LogP contribution in [0.3, 0.4) is 0 Å². The maximum Gasteiger partial charge on any atom is 0.324 e. The Hall–Kier alpha value is -4.66. The van der Waals surface area contributed by atoms with Gasteiger partial charge in [0.05, 0.1) is 11.4 Å². The van der Waals surface area contributed by atoms with Gasteiger partial charge in [0.1, 0.15) is 23.0 Å². The number of benzene rings is 2. The molecule has 9 nitrogen and oxygen atoms in total. The van der Waals surface area contributed by atoms with Crippen LogP contribution in [0.4, 0.5) is 16.3 Å². The van der Waals surface area contributed by atoms with Crippen LogP contribution in [-0.2, 0) is 5.41 Å². The van der Waals surface area contributed by atoms with E-state index in [-0.39, 0.29) is 11.3 Å². The summed E-state index contributed by atoms with van der Waals surface area (Å²) in [6.45, 7) is 10.3. The van der Waals surface area contributed by atoms with Gasteiger partial charge in [-0.25, -0.2) is 9.48 Å². The van der Waals surface area contributed by atoms with Crippen molar-refractivity contribution in [3.8, 4) is 17.2 Å². The Kier molecular flexibility index (Phi) is 7.71. The van der Waals surface area contributed by atoms with E-state index >= 15 is 0 Å². The molecule has 0 bridgehead atoms. The second-order valence-corrected chi connectivity index (χ2v) is 10.7. The fraction of sp³-hybridized carbons (Fsp3) is 0.267. The quantitative estimate of drug-likeness (QED) is 0.306. The van der Waals surface area contributed by atoms with Crippen molar-refractivity contribution in [3.05, 3.63) is 89.4 Å². The smallest absolute Gasteiger partial charge is 0.324 e. The second-order valence-electron chi connectivity index (χ2n) is 10.7. The third-order valence-electron chi connectivity index (χ3n) is 5.87. The SMILES string of the molecule is Cc1cc(C)cc(-n2nc(C(C)(C)C)cc2NC(=O)Nc2ccc(Oc3ccnc(C(=O)N(C)C)c3)cc2)c1. The van der Waals surface area contributed by atoms with E-state index < -0.39 is 6.03 Å². The number of hydrogen-bond donors (Lipinski definition) is 2. The molecule has 3 amide bonds. The van der Waals surface area contributed by atoms with Crippen LogP contribution in [0.2, 0.25) is 0 Å². The molecule has 0 spiro atoms. The van der Waals surface area contributed by atoms with E-state index in [2.05, 4.69) is 42.5 Å². The van der Waals surface area contributed by atoms with Crippen molar-refractivity contribution in [1.82, 2.24) is 19.7 Å². The molecule has 2 N–H and O–H groups in total. The highest BCUT2D eigenvalue weighted by atomic mass is 16.5. The zero-order chi connectivity index (χ0) is 28.3. The number of aromatic nitrogens is 3. The van der Waals surface area contributed by atoms with Gasteiger partial charge in [-0.1, -0.05) is 26.8 Å². The molecule has 0 atom stereocenters. The Morgan fingerprint density at radius 3 is 2.15 bits per heavy atom. The summed E-state index contributed by atoms with van der Waals surface area (Å²) in [6, 6.07) is 17.9. The van der Waals surface area contributed by atoms with Gasteiger partial charge in [-0.15, -0.1) is 0 Å². The number of pyridine rings is 1. The molecule has 4 aromatic rings. The van der Waals surface area contributed by atoms with Crippen molar-refractivity contribution in [2.24, 2.45) is 0 Å². The molecular weight excluding hydrogens is 492 g/mol. The van der Waals surface area contributed by atoms with E-state index in [1.54, 1.807) is 55.2 Å². The maximum atomic E-state index is 13.0. The molecule has 9 heteroatoms. The Labute approximate surface area is 228 Å². The molecule has 0 fully saturated rings. The molecule has 0 aliphatic heterocycles. The van der Waals surface area contributed by atoms with Gasteiger partial charge in [-0.05, 0) is 67.4 Å². The number of amides is 3. The zero-order valence-corrected chi connectivity index (χ0v) is 23.4. The van der Waals surface area contributed by atoms with Crippen molar-refractivity contribution in [2.45, 2.75) is 40.0 Å². The van der Waals surface area contributed by atoms with Gasteiger partial charge in [0.2, 0.25) is 0 Å². The first-order valence-electron chi connectivity index (χ1n) is 12.6. The molecule has 0 aliphatic carbocycles. The largest absolute Gasteiger partial charge is 0.457 e. The molecule has 0 saturated heterocycles. The lowest BCUT2D eigenvalue weighted by atomic mass is 9.92.